The number of hydrogen-bond acceptors (Lipinski definition) is 5. The molecule has 0 saturated carbocycles. The molecule has 1 aromatic heterocycles. The molecular weight excluding hydrogens is 222 g/mol. The predicted molar refractivity (Wildman–Crippen MR) is 62.2 cm³/mol. The van der Waals surface area contributed by atoms with E-state index in [0.29, 0.717) is 18.7 Å². The lowest BCUT2D eigenvalue weighted by molar-refractivity contribution is -0.141. The molecule has 1 aromatic rings. The van der Waals surface area contributed by atoms with E-state index in [2.05, 4.69) is 11.9 Å². The maximum absolute atomic E-state index is 11.0. The average molecular weight is 239 g/mol. The van der Waals surface area contributed by atoms with Crippen LogP contribution >= 0.6 is 0 Å². The van der Waals surface area contributed by atoms with Gasteiger partial charge in [0.2, 0.25) is 0 Å². The standard InChI is InChI=1S/C12H17NO4/c1-9(2)12(15)17-8-10(14)6-13-7-11-4-3-5-16-11/h3-5,10,13-14H,1,6-8H2,2H3. The van der Waals surface area contributed by atoms with E-state index in [4.69, 9.17) is 9.15 Å². The topological polar surface area (TPSA) is 71.7 Å². The van der Waals surface area contributed by atoms with E-state index in [1.54, 1.807) is 19.3 Å². The lowest BCUT2D eigenvalue weighted by Crippen LogP contribution is -2.31. The Morgan fingerprint density at radius 2 is 2.47 bits per heavy atom. The lowest BCUT2D eigenvalue weighted by Gasteiger charge is -2.11. The van der Waals surface area contributed by atoms with Crippen molar-refractivity contribution in [3.05, 3.63) is 36.3 Å². The Kier molecular flexibility index (Phi) is 5.45. The van der Waals surface area contributed by atoms with E-state index >= 15 is 0 Å². The Labute approximate surface area is 100 Å². The van der Waals surface area contributed by atoms with Crippen molar-refractivity contribution in [1.82, 2.24) is 5.32 Å². The summed E-state index contributed by atoms with van der Waals surface area (Å²) >= 11 is 0. The van der Waals surface area contributed by atoms with Gasteiger partial charge in [0.15, 0.2) is 0 Å². The summed E-state index contributed by atoms with van der Waals surface area (Å²) in [6.07, 6.45) is 0.843. The van der Waals surface area contributed by atoms with Crippen LogP contribution in [0, 0.1) is 0 Å². The van der Waals surface area contributed by atoms with Crippen molar-refractivity contribution in [3.63, 3.8) is 0 Å². The highest BCUT2D eigenvalue weighted by Crippen LogP contribution is 1.99. The number of furan rings is 1. The Hall–Kier alpha value is -1.59. The quantitative estimate of drug-likeness (QED) is 0.545. The molecule has 1 unspecified atom stereocenters. The van der Waals surface area contributed by atoms with Gasteiger partial charge >= 0.3 is 5.97 Å². The number of aliphatic hydroxyl groups is 1. The Morgan fingerprint density at radius 1 is 1.71 bits per heavy atom. The molecule has 0 fully saturated rings. The summed E-state index contributed by atoms with van der Waals surface area (Å²) in [6.45, 7) is 5.81. The number of rotatable bonds is 7. The van der Waals surface area contributed by atoms with Gasteiger partial charge in [-0.15, -0.1) is 0 Å². The van der Waals surface area contributed by atoms with E-state index in [1.807, 2.05) is 6.07 Å². The van der Waals surface area contributed by atoms with E-state index in [1.165, 1.54) is 0 Å². The summed E-state index contributed by atoms with van der Waals surface area (Å²) in [6, 6.07) is 3.63. The van der Waals surface area contributed by atoms with Crippen molar-refractivity contribution in [2.75, 3.05) is 13.2 Å². The molecule has 0 aliphatic rings. The molecule has 2 N–H and O–H groups in total. The zero-order chi connectivity index (χ0) is 12.7. The second kappa shape index (κ2) is 6.88. The Morgan fingerprint density at radius 3 is 3.06 bits per heavy atom. The first kappa shape index (κ1) is 13.5. The van der Waals surface area contributed by atoms with Gasteiger partial charge in [0.05, 0.1) is 12.8 Å². The van der Waals surface area contributed by atoms with Crippen molar-refractivity contribution in [2.24, 2.45) is 0 Å². The highest BCUT2D eigenvalue weighted by Gasteiger charge is 2.09. The third kappa shape index (κ3) is 5.33. The third-order valence-corrected chi connectivity index (χ3v) is 2.01. The number of ether oxygens (including phenoxy) is 1. The molecule has 0 bridgehead atoms. The van der Waals surface area contributed by atoms with Gasteiger partial charge < -0.3 is 19.6 Å². The van der Waals surface area contributed by atoms with Gasteiger partial charge in [0.1, 0.15) is 18.5 Å². The fraction of sp³-hybridized carbons (Fsp3) is 0.417. The van der Waals surface area contributed by atoms with Crippen LogP contribution < -0.4 is 5.32 Å². The van der Waals surface area contributed by atoms with Gasteiger partial charge in [0.25, 0.3) is 0 Å². The molecule has 1 atom stereocenters. The van der Waals surface area contributed by atoms with Crippen LogP contribution in [0.4, 0.5) is 0 Å². The third-order valence-electron chi connectivity index (χ3n) is 2.01. The van der Waals surface area contributed by atoms with Crippen LogP contribution in [0.3, 0.4) is 0 Å². The first-order valence-corrected chi connectivity index (χ1v) is 5.33. The summed E-state index contributed by atoms with van der Waals surface area (Å²) in [5, 5.41) is 12.5. The largest absolute Gasteiger partial charge is 0.468 e. The van der Waals surface area contributed by atoms with Gasteiger partial charge in [-0.2, -0.15) is 0 Å². The SMILES string of the molecule is C=C(C)C(=O)OCC(O)CNCc1ccco1. The molecule has 0 saturated heterocycles. The van der Waals surface area contributed by atoms with E-state index in [-0.39, 0.29) is 6.61 Å². The predicted octanol–water partition coefficient (Wildman–Crippen LogP) is 0.849. The minimum absolute atomic E-state index is 0.0448. The highest BCUT2D eigenvalue weighted by molar-refractivity contribution is 5.86. The highest BCUT2D eigenvalue weighted by atomic mass is 16.5. The Balaban J connectivity index is 2.11. The molecule has 0 aromatic carbocycles. The van der Waals surface area contributed by atoms with Crippen LogP contribution in [0.25, 0.3) is 0 Å². The Bertz CT molecular complexity index is 359. The summed E-state index contributed by atoms with van der Waals surface area (Å²) < 4.78 is 9.90. The number of carbonyl (C=O) groups is 1. The van der Waals surface area contributed by atoms with Crippen LogP contribution in [0.1, 0.15) is 12.7 Å². The van der Waals surface area contributed by atoms with Crippen molar-refractivity contribution < 1.29 is 19.1 Å². The number of hydrogen-bond donors (Lipinski definition) is 2. The molecule has 1 rings (SSSR count). The number of esters is 1. The fourth-order valence-electron chi connectivity index (χ4n) is 1.13. The van der Waals surface area contributed by atoms with Crippen LogP contribution in [0.5, 0.6) is 0 Å². The summed E-state index contributed by atoms with van der Waals surface area (Å²) in [4.78, 5) is 11.0. The molecule has 5 nitrogen and oxygen atoms in total. The normalized spacial score (nSPS) is 12.1. The van der Waals surface area contributed by atoms with E-state index in [9.17, 15) is 9.90 Å². The maximum atomic E-state index is 11.0. The van der Waals surface area contributed by atoms with Crippen LogP contribution in [0.15, 0.2) is 35.0 Å². The minimum Gasteiger partial charge on any atom is -0.468 e. The molecule has 5 heteroatoms. The second-order valence-corrected chi connectivity index (χ2v) is 3.74. The maximum Gasteiger partial charge on any atom is 0.333 e. The average Bonchev–Trinajstić information content (AvgIpc) is 2.78. The van der Waals surface area contributed by atoms with Gasteiger partial charge in [-0.05, 0) is 19.1 Å². The molecule has 1 heterocycles. The molecule has 94 valence electrons. The number of nitrogens with one attached hydrogen (secondary N) is 1. The van der Waals surface area contributed by atoms with E-state index in [0.717, 1.165) is 5.76 Å². The van der Waals surface area contributed by atoms with Crippen LogP contribution in [-0.2, 0) is 16.1 Å². The van der Waals surface area contributed by atoms with Crippen LogP contribution in [0.2, 0.25) is 0 Å². The first-order valence-electron chi connectivity index (χ1n) is 5.33. The summed E-state index contributed by atoms with van der Waals surface area (Å²) in [5.74, 6) is 0.297. The van der Waals surface area contributed by atoms with Crippen molar-refractivity contribution in [3.8, 4) is 0 Å². The van der Waals surface area contributed by atoms with Crippen molar-refractivity contribution in [2.45, 2.75) is 19.6 Å². The van der Waals surface area contributed by atoms with Crippen molar-refractivity contribution >= 4 is 5.97 Å². The van der Waals surface area contributed by atoms with Gasteiger partial charge in [-0.25, -0.2) is 4.79 Å². The number of carbonyl (C=O) groups excluding carboxylic acids is 1. The molecule has 0 aliphatic heterocycles. The van der Waals surface area contributed by atoms with E-state index < -0.39 is 12.1 Å². The molecule has 0 aliphatic carbocycles. The molecule has 0 amide bonds. The fourth-order valence-corrected chi connectivity index (χ4v) is 1.13. The monoisotopic (exact) mass is 239 g/mol. The van der Waals surface area contributed by atoms with Crippen LogP contribution in [-0.4, -0.2) is 30.3 Å². The summed E-state index contributed by atoms with van der Waals surface area (Å²) in [7, 11) is 0. The molecule has 0 spiro atoms. The molecular formula is C12H17NO4. The van der Waals surface area contributed by atoms with Gasteiger partial charge in [-0.3, -0.25) is 0 Å². The molecule has 0 radical (unpaired) electrons. The zero-order valence-corrected chi connectivity index (χ0v) is 9.81. The molecule has 17 heavy (non-hydrogen) atoms. The first-order chi connectivity index (χ1) is 8.09. The number of aliphatic hydroxyl groups excluding tert-OH is 1. The van der Waals surface area contributed by atoms with Crippen molar-refractivity contribution in [1.29, 1.82) is 0 Å². The van der Waals surface area contributed by atoms with Gasteiger partial charge in [0, 0.05) is 12.1 Å². The van der Waals surface area contributed by atoms with Gasteiger partial charge in [-0.1, -0.05) is 6.58 Å². The lowest BCUT2D eigenvalue weighted by atomic mass is 10.3. The smallest absolute Gasteiger partial charge is 0.333 e. The zero-order valence-electron chi connectivity index (χ0n) is 9.81. The minimum atomic E-state index is -0.742. The second-order valence-electron chi connectivity index (χ2n) is 3.74. The summed E-state index contributed by atoms with van der Waals surface area (Å²) in [5.41, 5.74) is 0.320.